The molecule has 0 aromatic carbocycles. The highest BCUT2D eigenvalue weighted by Crippen LogP contribution is 2.04. The van der Waals surface area contributed by atoms with E-state index >= 15 is 0 Å². The minimum atomic E-state index is -0.903. The molecule has 0 aromatic heterocycles. The summed E-state index contributed by atoms with van der Waals surface area (Å²) in [5.74, 6) is -1.24. The minimum Gasteiger partial charge on any atom is -0.478 e. The third-order valence-corrected chi connectivity index (χ3v) is 2.75. The molecule has 0 aromatic rings. The molecule has 0 radical (unpaired) electrons. The molecule has 114 valence electrons. The second kappa shape index (κ2) is 11.2. The van der Waals surface area contributed by atoms with Gasteiger partial charge < -0.3 is 14.9 Å². The largest absolute Gasteiger partial charge is 0.478 e. The van der Waals surface area contributed by atoms with Crippen LogP contribution in [0.4, 0.5) is 0 Å². The quantitative estimate of drug-likeness (QED) is 0.366. The van der Waals surface area contributed by atoms with Gasteiger partial charge in [-0.15, -0.1) is 0 Å². The fourth-order valence-corrected chi connectivity index (χ4v) is 1.42. The molecule has 0 saturated heterocycles. The van der Waals surface area contributed by atoms with Gasteiger partial charge in [-0.25, -0.2) is 9.59 Å². The number of unbranched alkanes of at least 4 members (excludes halogenated alkanes) is 3. The number of aliphatic carboxylic acids is 1. The predicted octanol–water partition coefficient (Wildman–Crippen LogP) is 2.45. The van der Waals surface area contributed by atoms with Crippen molar-refractivity contribution in [3.63, 3.8) is 0 Å². The van der Waals surface area contributed by atoms with Crippen LogP contribution >= 0.6 is 0 Å². The Hall–Kier alpha value is -1.62. The van der Waals surface area contributed by atoms with Gasteiger partial charge in [-0.3, -0.25) is 0 Å². The molecule has 0 aliphatic heterocycles. The van der Waals surface area contributed by atoms with Gasteiger partial charge in [0.2, 0.25) is 0 Å². The van der Waals surface area contributed by atoms with Crippen molar-refractivity contribution in [2.75, 3.05) is 13.2 Å². The highest BCUT2D eigenvalue weighted by Gasteiger charge is 2.04. The van der Waals surface area contributed by atoms with Crippen molar-refractivity contribution in [1.29, 1.82) is 0 Å². The lowest BCUT2D eigenvalue weighted by Crippen LogP contribution is -2.07. The molecule has 5 heteroatoms. The van der Waals surface area contributed by atoms with Crippen LogP contribution in [0.1, 0.15) is 46.0 Å². The number of rotatable bonds is 10. The number of hydrogen-bond donors (Lipinski definition) is 2. The van der Waals surface area contributed by atoms with E-state index in [0.717, 1.165) is 6.42 Å². The van der Waals surface area contributed by atoms with Gasteiger partial charge in [0, 0.05) is 17.8 Å². The number of carbonyl (C=O) groups excluding carboxylic acids is 1. The number of allylic oxidation sites excluding steroid dienone is 2. The molecule has 0 saturated carbocycles. The average molecular weight is 284 g/mol. The van der Waals surface area contributed by atoms with Crippen LogP contribution in [-0.2, 0) is 14.3 Å². The van der Waals surface area contributed by atoms with Crippen LogP contribution in [0.3, 0.4) is 0 Å². The van der Waals surface area contributed by atoms with Gasteiger partial charge in [-0.1, -0.05) is 12.2 Å². The number of carboxylic acid groups (broad SMARTS) is 1. The molecule has 2 N–H and O–H groups in total. The Morgan fingerprint density at radius 2 is 1.60 bits per heavy atom. The van der Waals surface area contributed by atoms with Crippen LogP contribution in [-0.4, -0.2) is 35.4 Å². The lowest BCUT2D eigenvalue weighted by Gasteiger charge is -2.04. The average Bonchev–Trinajstić information content (AvgIpc) is 2.41. The van der Waals surface area contributed by atoms with E-state index in [2.05, 4.69) is 0 Å². The fraction of sp³-hybridized carbons (Fsp3) is 0.600. The maximum absolute atomic E-state index is 11.5. The van der Waals surface area contributed by atoms with E-state index in [1.807, 2.05) is 0 Å². The van der Waals surface area contributed by atoms with Crippen LogP contribution in [0.15, 0.2) is 23.3 Å². The predicted molar refractivity (Wildman–Crippen MR) is 76.3 cm³/mol. The second-order valence-electron chi connectivity index (χ2n) is 4.58. The van der Waals surface area contributed by atoms with Crippen molar-refractivity contribution in [2.45, 2.75) is 46.0 Å². The van der Waals surface area contributed by atoms with E-state index in [1.165, 1.54) is 0 Å². The van der Waals surface area contributed by atoms with E-state index in [0.29, 0.717) is 43.4 Å². The number of esters is 1. The zero-order valence-electron chi connectivity index (χ0n) is 12.2. The first-order valence-electron chi connectivity index (χ1n) is 6.83. The lowest BCUT2D eigenvalue weighted by atomic mass is 10.2. The standard InChI is InChI=1S/C15H24O5/c1-12(14(17)18)8-4-3-7-11-20-15(19)13(2)9-5-6-10-16/h8-9,16H,3-7,10-11H2,1-2H3,(H,17,18). The van der Waals surface area contributed by atoms with E-state index in [4.69, 9.17) is 14.9 Å². The van der Waals surface area contributed by atoms with E-state index in [9.17, 15) is 9.59 Å². The summed E-state index contributed by atoms with van der Waals surface area (Å²) in [6.45, 7) is 3.70. The maximum Gasteiger partial charge on any atom is 0.333 e. The summed E-state index contributed by atoms with van der Waals surface area (Å²) < 4.78 is 5.08. The summed E-state index contributed by atoms with van der Waals surface area (Å²) in [7, 11) is 0. The van der Waals surface area contributed by atoms with Crippen LogP contribution in [0.25, 0.3) is 0 Å². The van der Waals surface area contributed by atoms with Crippen molar-refractivity contribution in [2.24, 2.45) is 0 Å². The number of carboxylic acids is 1. The number of ether oxygens (including phenoxy) is 1. The summed E-state index contributed by atoms with van der Waals surface area (Å²) in [4.78, 5) is 22.1. The molecule has 0 spiro atoms. The van der Waals surface area contributed by atoms with Gasteiger partial charge >= 0.3 is 11.9 Å². The van der Waals surface area contributed by atoms with Crippen molar-refractivity contribution in [3.05, 3.63) is 23.3 Å². The Morgan fingerprint density at radius 1 is 1.00 bits per heavy atom. The van der Waals surface area contributed by atoms with E-state index in [1.54, 1.807) is 26.0 Å². The summed E-state index contributed by atoms with van der Waals surface area (Å²) in [6, 6.07) is 0. The minimum absolute atomic E-state index is 0.113. The Labute approximate surface area is 119 Å². The Kier molecular flexibility index (Phi) is 10.3. The Morgan fingerprint density at radius 3 is 2.20 bits per heavy atom. The summed E-state index contributed by atoms with van der Waals surface area (Å²) in [5.41, 5.74) is 0.893. The van der Waals surface area contributed by atoms with Crippen LogP contribution in [0.2, 0.25) is 0 Å². The highest BCUT2D eigenvalue weighted by atomic mass is 16.5. The molecule has 20 heavy (non-hydrogen) atoms. The molecule has 0 fully saturated rings. The molecule has 0 atom stereocenters. The zero-order valence-corrected chi connectivity index (χ0v) is 12.2. The van der Waals surface area contributed by atoms with Gasteiger partial charge in [0.1, 0.15) is 0 Å². The molecule has 5 nitrogen and oxygen atoms in total. The smallest absolute Gasteiger partial charge is 0.333 e. The molecular formula is C15H24O5. The molecule has 0 heterocycles. The van der Waals surface area contributed by atoms with Crippen molar-refractivity contribution < 1.29 is 24.5 Å². The molecule has 0 unspecified atom stereocenters. The summed E-state index contributed by atoms with van der Waals surface area (Å²) in [6.07, 6.45) is 6.89. The third kappa shape index (κ3) is 9.33. The van der Waals surface area contributed by atoms with E-state index < -0.39 is 5.97 Å². The van der Waals surface area contributed by atoms with Crippen LogP contribution < -0.4 is 0 Å². The summed E-state index contributed by atoms with van der Waals surface area (Å²) in [5, 5.41) is 17.3. The van der Waals surface area contributed by atoms with Crippen LogP contribution in [0.5, 0.6) is 0 Å². The SMILES string of the molecule is CC(=CCCCCOC(=O)C(C)=CCCCO)C(=O)O. The van der Waals surface area contributed by atoms with Crippen molar-refractivity contribution >= 4 is 11.9 Å². The van der Waals surface area contributed by atoms with Crippen LogP contribution in [0, 0.1) is 0 Å². The molecule has 0 amide bonds. The second-order valence-corrected chi connectivity index (χ2v) is 4.58. The van der Waals surface area contributed by atoms with Crippen molar-refractivity contribution in [3.8, 4) is 0 Å². The third-order valence-electron chi connectivity index (χ3n) is 2.75. The molecule has 0 aliphatic rings. The number of aliphatic hydroxyl groups excluding tert-OH is 1. The van der Waals surface area contributed by atoms with Gasteiger partial charge in [-0.2, -0.15) is 0 Å². The molecule has 0 bridgehead atoms. The first-order chi connectivity index (χ1) is 9.49. The first kappa shape index (κ1) is 18.4. The molecule has 0 rings (SSSR count). The first-order valence-corrected chi connectivity index (χ1v) is 6.83. The summed E-state index contributed by atoms with van der Waals surface area (Å²) >= 11 is 0. The molecule has 0 aliphatic carbocycles. The van der Waals surface area contributed by atoms with Gasteiger partial charge in [0.25, 0.3) is 0 Å². The lowest BCUT2D eigenvalue weighted by molar-refractivity contribution is -0.139. The van der Waals surface area contributed by atoms with Gasteiger partial charge in [-0.05, 0) is 46.0 Å². The fourth-order valence-electron chi connectivity index (χ4n) is 1.42. The topological polar surface area (TPSA) is 83.8 Å². The van der Waals surface area contributed by atoms with E-state index in [-0.39, 0.29) is 12.6 Å². The van der Waals surface area contributed by atoms with Gasteiger partial charge in [0.15, 0.2) is 0 Å². The maximum atomic E-state index is 11.5. The monoisotopic (exact) mass is 284 g/mol. The Bertz CT molecular complexity index is 368. The Balaban J connectivity index is 3.74. The molecular weight excluding hydrogens is 260 g/mol. The normalized spacial score (nSPS) is 12.3. The van der Waals surface area contributed by atoms with Gasteiger partial charge in [0.05, 0.1) is 6.61 Å². The number of carbonyl (C=O) groups is 2. The number of aliphatic hydroxyl groups is 1. The number of hydrogen-bond acceptors (Lipinski definition) is 4. The zero-order chi connectivity index (χ0) is 15.4. The highest BCUT2D eigenvalue weighted by molar-refractivity contribution is 5.87. The van der Waals surface area contributed by atoms with Crippen molar-refractivity contribution in [1.82, 2.24) is 0 Å².